The number of anilines is 1. The molecule has 1 saturated carbocycles. The average molecular weight is 298 g/mol. The Morgan fingerprint density at radius 1 is 1.40 bits per heavy atom. The van der Waals surface area contributed by atoms with E-state index in [2.05, 4.69) is 15.0 Å². The van der Waals surface area contributed by atoms with E-state index in [-0.39, 0.29) is 11.9 Å². The molecular weight excluding hydrogens is 278 g/mol. The van der Waals surface area contributed by atoms with Crippen molar-refractivity contribution in [3.8, 4) is 0 Å². The summed E-state index contributed by atoms with van der Waals surface area (Å²) in [5.74, 6) is 0.669. The van der Waals surface area contributed by atoms with Gasteiger partial charge < -0.3 is 15.4 Å². The highest BCUT2D eigenvalue weighted by Crippen LogP contribution is 2.36. The summed E-state index contributed by atoms with van der Waals surface area (Å²) in [5, 5.41) is 9.33. The zero-order valence-corrected chi connectivity index (χ0v) is 12.5. The SMILES string of the molecule is CC.Nc1nc(Cl)nc2c1ncn2C1CCC(CO)C1. The molecule has 0 amide bonds. The Morgan fingerprint density at radius 2 is 2.15 bits per heavy atom. The van der Waals surface area contributed by atoms with Gasteiger partial charge in [-0.2, -0.15) is 9.97 Å². The minimum absolute atomic E-state index is 0.137. The van der Waals surface area contributed by atoms with E-state index in [0.717, 1.165) is 19.3 Å². The van der Waals surface area contributed by atoms with Gasteiger partial charge in [0.2, 0.25) is 5.28 Å². The second-order valence-electron chi connectivity index (χ2n) is 4.72. The topological polar surface area (TPSA) is 89.9 Å². The van der Waals surface area contributed by atoms with Gasteiger partial charge >= 0.3 is 0 Å². The smallest absolute Gasteiger partial charge is 0.226 e. The van der Waals surface area contributed by atoms with E-state index in [1.54, 1.807) is 6.33 Å². The maximum absolute atomic E-state index is 9.19. The summed E-state index contributed by atoms with van der Waals surface area (Å²) in [6, 6.07) is 0.303. The quantitative estimate of drug-likeness (QED) is 0.831. The monoisotopic (exact) mass is 297 g/mol. The summed E-state index contributed by atoms with van der Waals surface area (Å²) in [4.78, 5) is 12.3. The van der Waals surface area contributed by atoms with Crippen molar-refractivity contribution in [1.29, 1.82) is 0 Å². The molecule has 6 nitrogen and oxygen atoms in total. The van der Waals surface area contributed by atoms with Crippen LogP contribution in [0.4, 0.5) is 5.82 Å². The Bertz CT molecular complexity index is 585. The van der Waals surface area contributed by atoms with Crippen molar-refractivity contribution in [3.63, 3.8) is 0 Å². The van der Waals surface area contributed by atoms with Crippen LogP contribution < -0.4 is 5.73 Å². The number of nitrogens with two attached hydrogens (primary N) is 1. The molecule has 1 aliphatic carbocycles. The Labute approximate surface area is 123 Å². The zero-order chi connectivity index (χ0) is 14.7. The van der Waals surface area contributed by atoms with Gasteiger partial charge in [0.1, 0.15) is 5.52 Å². The summed E-state index contributed by atoms with van der Waals surface area (Å²) in [6.07, 6.45) is 4.70. The maximum atomic E-state index is 9.19. The van der Waals surface area contributed by atoms with Gasteiger partial charge in [0.05, 0.1) is 6.33 Å². The minimum atomic E-state index is 0.137. The van der Waals surface area contributed by atoms with Crippen LogP contribution in [0.5, 0.6) is 0 Å². The standard InChI is InChI=1S/C11H14ClN5O.C2H6/c12-11-15-9(13)8-10(16-11)17(5-14-8)7-2-1-6(3-7)4-18;1-2/h5-7,18H,1-4H2,(H2,13,15,16);1-2H3. The summed E-state index contributed by atoms with van der Waals surface area (Å²) >= 11 is 5.83. The van der Waals surface area contributed by atoms with Gasteiger partial charge in [0, 0.05) is 12.6 Å². The molecule has 1 aliphatic rings. The van der Waals surface area contributed by atoms with Gasteiger partial charge in [-0.1, -0.05) is 13.8 Å². The normalized spacial score (nSPS) is 21.8. The number of halogens is 1. The molecule has 2 aromatic heterocycles. The summed E-state index contributed by atoms with van der Waals surface area (Å²) < 4.78 is 1.99. The van der Waals surface area contributed by atoms with Crippen LogP contribution in [-0.2, 0) is 0 Å². The summed E-state index contributed by atoms with van der Waals surface area (Å²) in [7, 11) is 0. The molecule has 3 rings (SSSR count). The molecule has 0 saturated heterocycles. The molecule has 0 spiro atoms. The van der Waals surface area contributed by atoms with Gasteiger partial charge in [-0.3, -0.25) is 0 Å². The minimum Gasteiger partial charge on any atom is -0.396 e. The summed E-state index contributed by atoms with van der Waals surface area (Å²) in [5.41, 5.74) is 7.04. The number of nitrogens with zero attached hydrogens (tertiary/aromatic N) is 4. The molecule has 2 atom stereocenters. The predicted octanol–water partition coefficient (Wildman–Crippen LogP) is 2.42. The molecule has 1 fully saturated rings. The van der Waals surface area contributed by atoms with Crippen molar-refractivity contribution >= 4 is 28.6 Å². The Kier molecular flexibility index (Phi) is 4.77. The lowest BCUT2D eigenvalue weighted by molar-refractivity contribution is 0.226. The number of aliphatic hydroxyl groups is 1. The van der Waals surface area contributed by atoms with E-state index in [9.17, 15) is 5.11 Å². The van der Waals surface area contributed by atoms with Gasteiger partial charge in [-0.05, 0) is 36.8 Å². The van der Waals surface area contributed by atoms with Crippen LogP contribution >= 0.6 is 11.6 Å². The number of hydrogen-bond acceptors (Lipinski definition) is 5. The summed E-state index contributed by atoms with van der Waals surface area (Å²) in [6.45, 7) is 4.24. The number of rotatable bonds is 2. The van der Waals surface area contributed by atoms with Gasteiger partial charge in [-0.25, -0.2) is 4.98 Å². The van der Waals surface area contributed by atoms with Crippen molar-refractivity contribution in [1.82, 2.24) is 19.5 Å². The number of nitrogen functional groups attached to an aromatic ring is 1. The second kappa shape index (κ2) is 6.37. The van der Waals surface area contributed by atoms with Crippen LogP contribution in [0.3, 0.4) is 0 Å². The predicted molar refractivity (Wildman–Crippen MR) is 79.6 cm³/mol. The Balaban J connectivity index is 0.000000704. The molecule has 0 aliphatic heterocycles. The molecule has 2 unspecified atom stereocenters. The first kappa shape index (κ1) is 15.0. The molecule has 110 valence electrons. The van der Waals surface area contributed by atoms with Crippen LogP contribution in [0.15, 0.2) is 6.33 Å². The molecule has 0 aromatic carbocycles. The average Bonchev–Trinajstić information content (AvgIpc) is 3.06. The van der Waals surface area contributed by atoms with Crippen LogP contribution in [0.2, 0.25) is 5.28 Å². The van der Waals surface area contributed by atoms with Crippen molar-refractivity contribution in [2.45, 2.75) is 39.2 Å². The first-order valence-electron chi connectivity index (χ1n) is 6.95. The van der Waals surface area contributed by atoms with Crippen LogP contribution in [0.25, 0.3) is 11.2 Å². The van der Waals surface area contributed by atoms with E-state index < -0.39 is 0 Å². The van der Waals surface area contributed by atoms with Crippen molar-refractivity contribution in [2.24, 2.45) is 5.92 Å². The third kappa shape index (κ3) is 2.71. The molecule has 0 bridgehead atoms. The third-order valence-corrected chi connectivity index (χ3v) is 3.76. The number of imidazole rings is 1. The molecular formula is C13H20ClN5O. The van der Waals surface area contributed by atoms with E-state index >= 15 is 0 Å². The lowest BCUT2D eigenvalue weighted by atomic mass is 10.1. The van der Waals surface area contributed by atoms with E-state index in [0.29, 0.717) is 28.9 Å². The molecule has 2 heterocycles. The third-order valence-electron chi connectivity index (χ3n) is 3.59. The fourth-order valence-corrected chi connectivity index (χ4v) is 2.82. The van der Waals surface area contributed by atoms with Gasteiger partial charge in [0.25, 0.3) is 0 Å². The molecule has 20 heavy (non-hydrogen) atoms. The van der Waals surface area contributed by atoms with Crippen LogP contribution in [0.1, 0.15) is 39.2 Å². The fourth-order valence-electron chi connectivity index (χ4n) is 2.64. The number of fused-ring (bicyclic) bond motifs is 1. The first-order chi connectivity index (χ1) is 9.69. The van der Waals surface area contributed by atoms with Gasteiger partial charge in [-0.15, -0.1) is 0 Å². The first-order valence-corrected chi connectivity index (χ1v) is 7.33. The maximum Gasteiger partial charge on any atom is 0.226 e. The number of aromatic nitrogens is 4. The highest BCUT2D eigenvalue weighted by atomic mass is 35.5. The van der Waals surface area contributed by atoms with E-state index in [1.807, 2.05) is 18.4 Å². The molecule has 3 N–H and O–H groups in total. The lowest BCUT2D eigenvalue weighted by Crippen LogP contribution is -2.07. The van der Waals surface area contributed by atoms with Crippen molar-refractivity contribution in [2.75, 3.05) is 12.3 Å². The van der Waals surface area contributed by atoms with E-state index in [4.69, 9.17) is 17.3 Å². The zero-order valence-electron chi connectivity index (χ0n) is 11.8. The largest absolute Gasteiger partial charge is 0.396 e. The number of hydrogen-bond donors (Lipinski definition) is 2. The van der Waals surface area contributed by atoms with Crippen molar-refractivity contribution < 1.29 is 5.11 Å². The Hall–Kier alpha value is -1.40. The molecule has 0 radical (unpaired) electrons. The van der Waals surface area contributed by atoms with Gasteiger partial charge in [0.15, 0.2) is 11.5 Å². The fraction of sp³-hybridized carbons (Fsp3) is 0.615. The van der Waals surface area contributed by atoms with Crippen LogP contribution in [0, 0.1) is 5.92 Å². The molecule has 7 heteroatoms. The van der Waals surface area contributed by atoms with Crippen molar-refractivity contribution in [3.05, 3.63) is 11.6 Å². The highest BCUT2D eigenvalue weighted by molar-refractivity contribution is 6.28. The Morgan fingerprint density at radius 3 is 2.80 bits per heavy atom. The number of aliphatic hydroxyl groups excluding tert-OH is 1. The molecule has 2 aromatic rings. The van der Waals surface area contributed by atoms with E-state index in [1.165, 1.54) is 0 Å². The second-order valence-corrected chi connectivity index (χ2v) is 5.06. The van der Waals surface area contributed by atoms with Crippen LogP contribution in [-0.4, -0.2) is 31.2 Å². The lowest BCUT2D eigenvalue weighted by Gasteiger charge is -2.12. The highest BCUT2D eigenvalue weighted by Gasteiger charge is 2.27.